The minimum atomic E-state index is -1.48. The number of aromatic nitrogens is 3. The topological polar surface area (TPSA) is 303 Å². The molecule has 370 valence electrons. The number of aliphatic imine (C=N–C) groups is 1. The van der Waals surface area contributed by atoms with Crippen LogP contribution < -0.4 is 16.0 Å². The van der Waals surface area contributed by atoms with Crippen LogP contribution in [0.1, 0.15) is 128 Å². The number of aromatic amines is 1. The minimum absolute atomic E-state index is 0.0286. The van der Waals surface area contributed by atoms with E-state index in [0.29, 0.717) is 29.4 Å². The van der Waals surface area contributed by atoms with Crippen LogP contribution in [0.25, 0.3) is 21.5 Å². The number of guanidine groups is 1. The van der Waals surface area contributed by atoms with E-state index in [0.717, 1.165) is 0 Å². The first-order valence-electron chi connectivity index (χ1n) is 22.5. The molecule has 2 aromatic heterocycles. The molecule has 2 aromatic rings. The van der Waals surface area contributed by atoms with Crippen LogP contribution in [-0.4, -0.2) is 127 Å². The van der Waals surface area contributed by atoms with E-state index in [2.05, 4.69) is 40.9 Å². The lowest BCUT2D eigenvalue weighted by Gasteiger charge is -2.36. The summed E-state index contributed by atoms with van der Waals surface area (Å²) in [4.78, 5) is 88.5. The third-order valence-electron chi connectivity index (χ3n) is 11.4. The number of nitrogens with zero attached hydrogens (tertiary/aromatic N) is 7. The number of carbonyl (C=O) groups is 5. The molecule has 5 N–H and O–H groups in total. The van der Waals surface area contributed by atoms with Gasteiger partial charge in [-0.1, -0.05) is 26.7 Å². The molecule has 67 heavy (non-hydrogen) atoms. The molecule has 23 heteroatoms. The van der Waals surface area contributed by atoms with E-state index in [9.17, 15) is 34.6 Å². The van der Waals surface area contributed by atoms with Gasteiger partial charge >= 0.3 is 24.2 Å². The Morgan fingerprint density at radius 2 is 1.54 bits per heavy atom. The van der Waals surface area contributed by atoms with Gasteiger partial charge in [-0.05, 0) is 99.1 Å². The van der Waals surface area contributed by atoms with E-state index < -0.39 is 108 Å². The van der Waals surface area contributed by atoms with E-state index in [4.69, 9.17) is 33.4 Å². The third kappa shape index (κ3) is 12.8. The number of rotatable bonds is 11. The van der Waals surface area contributed by atoms with Crippen molar-refractivity contribution >= 4 is 53.0 Å². The molecule has 9 atom stereocenters. The second kappa shape index (κ2) is 20.2. The zero-order chi connectivity index (χ0) is 50.0. The molecule has 0 radical (unpaired) electrons. The van der Waals surface area contributed by atoms with Gasteiger partial charge in [0.15, 0.2) is 11.6 Å². The molecular formula is C44H67N11O12. The van der Waals surface area contributed by atoms with Crippen LogP contribution in [0.5, 0.6) is 0 Å². The summed E-state index contributed by atoms with van der Waals surface area (Å²) in [7, 11) is 0. The Bertz CT molecular complexity index is 2200. The molecule has 4 amide bonds. The van der Waals surface area contributed by atoms with Crippen molar-refractivity contribution in [2.75, 3.05) is 6.61 Å². The summed E-state index contributed by atoms with van der Waals surface area (Å²) < 4.78 is 35.8. The molecule has 0 spiro atoms. The maximum atomic E-state index is 14.6. The van der Waals surface area contributed by atoms with Crippen molar-refractivity contribution in [3.8, 4) is 0 Å². The van der Waals surface area contributed by atoms with Crippen molar-refractivity contribution in [1.82, 2.24) is 35.8 Å². The Kier molecular flexibility index (Phi) is 15.8. The largest absolute Gasteiger partial charge is 0.463 e. The Morgan fingerprint density at radius 1 is 0.955 bits per heavy atom. The van der Waals surface area contributed by atoms with Crippen LogP contribution in [0.2, 0.25) is 0 Å². The fourth-order valence-electron chi connectivity index (χ4n) is 9.01. The zero-order valence-corrected chi connectivity index (χ0v) is 40.8. The molecule has 5 rings (SSSR count). The number of aliphatic hydroxyl groups excluding tert-OH is 1. The molecular weight excluding hydrogens is 875 g/mol. The van der Waals surface area contributed by atoms with Crippen molar-refractivity contribution in [2.45, 2.75) is 181 Å². The first-order chi connectivity index (χ1) is 31.1. The lowest BCUT2D eigenvalue weighted by atomic mass is 9.80. The molecule has 1 saturated carbocycles. The Labute approximate surface area is 389 Å². The quantitative estimate of drug-likeness (QED) is 0.0313. The Hall–Kier alpha value is -5.77. The van der Waals surface area contributed by atoms with Gasteiger partial charge in [0.2, 0.25) is 11.9 Å². The Morgan fingerprint density at radius 3 is 2.07 bits per heavy atom. The fraction of sp³-hybridized carbons (Fsp3) is 0.727. The average Bonchev–Trinajstić information content (AvgIpc) is 3.90. The van der Waals surface area contributed by atoms with Crippen molar-refractivity contribution in [3.05, 3.63) is 28.5 Å². The molecule has 0 aromatic carbocycles. The number of nitrogens with one attached hydrogen (secondary N) is 4. The van der Waals surface area contributed by atoms with Crippen molar-refractivity contribution in [3.63, 3.8) is 0 Å². The number of azide groups is 1. The first kappa shape index (κ1) is 52.2. The lowest BCUT2D eigenvalue weighted by molar-refractivity contribution is -0.173. The van der Waals surface area contributed by atoms with E-state index >= 15 is 0 Å². The van der Waals surface area contributed by atoms with Gasteiger partial charge in [0, 0.05) is 35.6 Å². The van der Waals surface area contributed by atoms with Crippen molar-refractivity contribution in [1.29, 1.82) is 0 Å². The van der Waals surface area contributed by atoms with Crippen LogP contribution in [0.15, 0.2) is 22.6 Å². The van der Waals surface area contributed by atoms with Crippen LogP contribution in [0.3, 0.4) is 0 Å². The van der Waals surface area contributed by atoms with Gasteiger partial charge in [0.05, 0.1) is 41.2 Å². The maximum Gasteiger partial charge on any atom is 0.414 e. The highest BCUT2D eigenvalue weighted by atomic mass is 16.8. The molecule has 4 heterocycles. The molecule has 2 saturated heterocycles. The van der Waals surface area contributed by atoms with Crippen molar-refractivity contribution in [2.24, 2.45) is 27.9 Å². The molecule has 3 aliphatic rings. The van der Waals surface area contributed by atoms with Gasteiger partial charge in [0.1, 0.15) is 41.9 Å². The number of amides is 4. The smallest absolute Gasteiger partial charge is 0.414 e. The fourth-order valence-corrected chi connectivity index (χ4v) is 9.01. The van der Waals surface area contributed by atoms with E-state index in [-0.39, 0.29) is 30.0 Å². The molecule has 0 bridgehead atoms. The number of likely N-dealkylation sites (tertiary alicyclic amines) is 1. The van der Waals surface area contributed by atoms with Gasteiger partial charge in [-0.25, -0.2) is 29.3 Å². The number of alkyl carbamates (subject to hydrolysis) is 2. The molecule has 1 unspecified atom stereocenters. The second-order valence-electron chi connectivity index (χ2n) is 20.5. The minimum Gasteiger partial charge on any atom is -0.463 e. The SMILES string of the molecule is CCC(CC)C(NC(C)=O)[C@@H]1[C@H](O)[C@@H](C(=O)OC[C@@H]2[C@H]3OC(C)(C)O[C@H]3[C@H](c3c[nH]c4c(N=[N+]=[N-])ncnc34)N2C(=O)OC(C)(C)C)C[C@H]1N=C(NC(=O)OC(C)(C)C)NC(=O)OC(C)(C)C. The predicted molar refractivity (Wildman–Crippen MR) is 241 cm³/mol. The van der Waals surface area contributed by atoms with Crippen LogP contribution >= 0.6 is 0 Å². The first-order valence-corrected chi connectivity index (χ1v) is 22.5. The average molecular weight is 942 g/mol. The van der Waals surface area contributed by atoms with Gasteiger partial charge in [-0.15, -0.1) is 0 Å². The number of fused-ring (bicyclic) bond motifs is 2. The lowest BCUT2D eigenvalue weighted by Crippen LogP contribution is -2.52. The van der Waals surface area contributed by atoms with E-state index in [1.54, 1.807) is 82.4 Å². The standard InChI is InChI=1S/C44H67N11O12/c1-15-22(16-2)28(49-21(3)56)27-25(50-37(51-38(59)65-41(4,5)6)52-39(60)66-42(7,8)9)17-23(32(27)57)36(58)62-19-26-33-34(64-44(13,14)63-33)31(55(26)40(61)67-43(10,11)12)24-18-46-30-29(24)47-20-48-35(30)53-54-45/h18,20,22-23,25-28,31-34,46,57H,15-17,19H2,1-14H3,(H,49,56)(H2,50,51,52,59,60)/t23-,25+,26+,27+,28?,31-,32+,33+,34-/m0/s1. The van der Waals surface area contributed by atoms with Crippen molar-refractivity contribution < 1.29 is 57.5 Å². The van der Waals surface area contributed by atoms with E-state index in [1.807, 2.05) is 13.8 Å². The highest BCUT2D eigenvalue weighted by molar-refractivity contribution is 6.01. The summed E-state index contributed by atoms with van der Waals surface area (Å²) in [5.41, 5.74) is 7.47. The highest BCUT2D eigenvalue weighted by Gasteiger charge is 2.62. The van der Waals surface area contributed by atoms with Crippen LogP contribution in [0, 0.1) is 17.8 Å². The van der Waals surface area contributed by atoms with E-state index in [1.165, 1.54) is 18.2 Å². The predicted octanol–water partition coefficient (Wildman–Crippen LogP) is 6.34. The summed E-state index contributed by atoms with van der Waals surface area (Å²) in [5, 5.41) is 23.9. The number of hydrogen-bond acceptors (Lipinski definition) is 16. The maximum absolute atomic E-state index is 14.6. The van der Waals surface area contributed by atoms with Gasteiger partial charge < -0.3 is 43.8 Å². The second-order valence-corrected chi connectivity index (χ2v) is 20.5. The van der Waals surface area contributed by atoms with Crippen LogP contribution in [0.4, 0.5) is 20.2 Å². The molecule has 2 aliphatic heterocycles. The monoisotopic (exact) mass is 941 g/mol. The Balaban J connectivity index is 1.55. The van der Waals surface area contributed by atoms with Gasteiger partial charge in [0.25, 0.3) is 0 Å². The highest BCUT2D eigenvalue weighted by Crippen LogP contribution is 2.49. The van der Waals surface area contributed by atoms with Gasteiger partial charge in [-0.3, -0.25) is 25.1 Å². The normalized spacial score (nSPS) is 25.1. The third-order valence-corrected chi connectivity index (χ3v) is 11.4. The number of H-pyrrole nitrogens is 1. The number of carbonyl (C=O) groups excluding carboxylic acids is 5. The number of hydrogen-bond donors (Lipinski definition) is 5. The summed E-state index contributed by atoms with van der Waals surface area (Å²) in [5.74, 6) is -5.17. The van der Waals surface area contributed by atoms with Crippen LogP contribution in [-0.2, 0) is 38.0 Å². The molecule has 1 aliphatic carbocycles. The number of ether oxygens (including phenoxy) is 6. The summed E-state index contributed by atoms with van der Waals surface area (Å²) in [6.07, 6.45) is -2.08. The summed E-state index contributed by atoms with van der Waals surface area (Å²) >= 11 is 0. The molecule has 23 nitrogen and oxygen atoms in total. The zero-order valence-electron chi connectivity index (χ0n) is 40.8. The number of aliphatic hydroxyl groups is 1. The van der Waals surface area contributed by atoms with Gasteiger partial charge in [-0.2, -0.15) is 0 Å². The molecule has 3 fully saturated rings. The summed E-state index contributed by atoms with van der Waals surface area (Å²) in [6, 6.07) is -3.72. The number of esters is 1. The summed E-state index contributed by atoms with van der Waals surface area (Å²) in [6.45, 7) is 23.2.